The fourth-order valence-electron chi connectivity index (χ4n) is 2.16. The number of hydrogen-bond acceptors (Lipinski definition) is 5. The zero-order valence-electron chi connectivity index (χ0n) is 14.3. The number of nitrogens with one attached hydrogen (secondary N) is 2. The number of rotatable bonds is 10. The predicted octanol–water partition coefficient (Wildman–Crippen LogP) is 1.28. The zero-order chi connectivity index (χ0) is 17.8. The highest BCUT2D eigenvalue weighted by Crippen LogP contribution is 2.08. The summed E-state index contributed by atoms with van der Waals surface area (Å²) in [6, 6.07) is 0.585. The lowest BCUT2D eigenvalue weighted by Crippen LogP contribution is -2.51. The fourth-order valence-corrected chi connectivity index (χ4v) is 2.16. The summed E-state index contributed by atoms with van der Waals surface area (Å²) in [4.78, 5) is 35.4. The largest absolute Gasteiger partial charge is 0.467 e. The standard InChI is InChI=1S/C16H27N3O4/c1-11(2)10-14(18-12(3)20)15(21)19-13(16(22)23-4)8-6-5-7-9-17/h11,13-14H,5-8,10H2,1-4H3,(H,18,20)(H,19,21)/t13-,14+/m1/s1. The van der Waals surface area contributed by atoms with E-state index in [4.69, 9.17) is 10.00 Å². The quantitative estimate of drug-likeness (QED) is 0.464. The van der Waals surface area contributed by atoms with Crippen molar-refractivity contribution in [1.29, 1.82) is 5.26 Å². The molecule has 0 saturated heterocycles. The molecule has 0 aliphatic rings. The molecule has 0 fully saturated rings. The van der Waals surface area contributed by atoms with E-state index in [2.05, 4.69) is 10.6 Å². The predicted molar refractivity (Wildman–Crippen MR) is 85.1 cm³/mol. The van der Waals surface area contributed by atoms with E-state index in [9.17, 15) is 14.4 Å². The summed E-state index contributed by atoms with van der Waals surface area (Å²) in [6.45, 7) is 5.24. The van der Waals surface area contributed by atoms with Crippen LogP contribution in [0, 0.1) is 17.2 Å². The summed E-state index contributed by atoms with van der Waals surface area (Å²) >= 11 is 0. The average molecular weight is 325 g/mol. The number of esters is 1. The second-order valence-corrected chi connectivity index (χ2v) is 5.87. The smallest absolute Gasteiger partial charge is 0.328 e. The molecule has 0 saturated carbocycles. The molecule has 0 bridgehead atoms. The summed E-state index contributed by atoms with van der Waals surface area (Å²) in [5.41, 5.74) is 0. The van der Waals surface area contributed by atoms with Crippen molar-refractivity contribution in [2.24, 2.45) is 5.92 Å². The molecule has 0 rings (SSSR count). The van der Waals surface area contributed by atoms with Crippen molar-refractivity contribution in [3.05, 3.63) is 0 Å². The van der Waals surface area contributed by atoms with Crippen LogP contribution in [0.25, 0.3) is 0 Å². The molecule has 0 unspecified atom stereocenters. The van der Waals surface area contributed by atoms with Gasteiger partial charge in [0, 0.05) is 13.3 Å². The Morgan fingerprint density at radius 1 is 1.13 bits per heavy atom. The van der Waals surface area contributed by atoms with Crippen molar-refractivity contribution in [2.45, 2.75) is 65.0 Å². The Morgan fingerprint density at radius 2 is 1.78 bits per heavy atom. The maximum absolute atomic E-state index is 12.3. The van der Waals surface area contributed by atoms with E-state index in [1.807, 2.05) is 19.9 Å². The SMILES string of the molecule is COC(=O)[C@@H](CCCCC#N)NC(=O)[C@H](CC(C)C)NC(C)=O. The number of nitriles is 1. The topological polar surface area (TPSA) is 108 Å². The summed E-state index contributed by atoms with van der Waals surface area (Å²) < 4.78 is 4.71. The van der Waals surface area contributed by atoms with Gasteiger partial charge in [-0.15, -0.1) is 0 Å². The summed E-state index contributed by atoms with van der Waals surface area (Å²) in [5.74, 6) is -1.01. The number of methoxy groups -OCH3 is 1. The van der Waals surface area contributed by atoms with Gasteiger partial charge < -0.3 is 15.4 Å². The first-order chi connectivity index (χ1) is 10.8. The van der Waals surface area contributed by atoms with Gasteiger partial charge in [-0.05, 0) is 31.6 Å². The molecular formula is C16H27N3O4. The van der Waals surface area contributed by atoms with E-state index in [0.717, 1.165) is 0 Å². The minimum atomic E-state index is -0.769. The highest BCUT2D eigenvalue weighted by Gasteiger charge is 2.26. The van der Waals surface area contributed by atoms with Gasteiger partial charge in [-0.1, -0.05) is 13.8 Å². The number of carbonyl (C=O) groups excluding carboxylic acids is 3. The van der Waals surface area contributed by atoms with Crippen LogP contribution in [0.15, 0.2) is 0 Å². The van der Waals surface area contributed by atoms with E-state index in [1.165, 1.54) is 14.0 Å². The minimum absolute atomic E-state index is 0.213. The first kappa shape index (κ1) is 20.9. The van der Waals surface area contributed by atoms with Crippen LogP contribution in [0.1, 0.15) is 52.9 Å². The molecule has 0 aromatic heterocycles. The van der Waals surface area contributed by atoms with Gasteiger partial charge >= 0.3 is 5.97 Å². The lowest BCUT2D eigenvalue weighted by molar-refractivity contribution is -0.145. The van der Waals surface area contributed by atoms with Gasteiger partial charge in [-0.2, -0.15) is 5.26 Å². The molecule has 23 heavy (non-hydrogen) atoms. The first-order valence-corrected chi connectivity index (χ1v) is 7.84. The molecule has 2 N–H and O–H groups in total. The number of nitrogens with zero attached hydrogens (tertiary/aromatic N) is 1. The summed E-state index contributed by atoms with van der Waals surface area (Å²) in [5, 5.41) is 13.8. The molecule has 130 valence electrons. The van der Waals surface area contributed by atoms with E-state index in [1.54, 1.807) is 0 Å². The van der Waals surface area contributed by atoms with Gasteiger partial charge in [0.1, 0.15) is 12.1 Å². The lowest BCUT2D eigenvalue weighted by Gasteiger charge is -2.23. The van der Waals surface area contributed by atoms with Crippen LogP contribution in [-0.2, 0) is 19.1 Å². The normalized spacial score (nSPS) is 12.9. The van der Waals surface area contributed by atoms with Gasteiger partial charge in [0.15, 0.2) is 0 Å². The Kier molecular flexibility index (Phi) is 10.4. The van der Waals surface area contributed by atoms with Crippen molar-refractivity contribution in [3.8, 4) is 6.07 Å². The molecule has 0 spiro atoms. The second kappa shape index (κ2) is 11.5. The second-order valence-electron chi connectivity index (χ2n) is 5.87. The molecule has 7 nitrogen and oxygen atoms in total. The minimum Gasteiger partial charge on any atom is -0.467 e. The van der Waals surface area contributed by atoms with Gasteiger partial charge in [0.2, 0.25) is 11.8 Å². The third-order valence-corrected chi connectivity index (χ3v) is 3.23. The summed E-state index contributed by atoms with van der Waals surface area (Å²) in [6.07, 6.45) is 2.57. The fraction of sp³-hybridized carbons (Fsp3) is 0.750. The molecule has 2 amide bonds. The Bertz CT molecular complexity index is 443. The van der Waals surface area contributed by atoms with Gasteiger partial charge in [-0.25, -0.2) is 4.79 Å². The Hall–Kier alpha value is -2.10. The molecule has 0 aromatic carbocycles. The highest BCUT2D eigenvalue weighted by atomic mass is 16.5. The van der Waals surface area contributed by atoms with Crippen LogP contribution in [0.4, 0.5) is 0 Å². The van der Waals surface area contributed by atoms with E-state index in [0.29, 0.717) is 32.1 Å². The third-order valence-electron chi connectivity index (χ3n) is 3.23. The first-order valence-electron chi connectivity index (χ1n) is 7.84. The highest BCUT2D eigenvalue weighted by molar-refractivity contribution is 5.90. The Labute approximate surface area is 137 Å². The van der Waals surface area contributed by atoms with Crippen LogP contribution in [0.2, 0.25) is 0 Å². The molecule has 0 heterocycles. The van der Waals surface area contributed by atoms with Gasteiger partial charge in [0.25, 0.3) is 0 Å². The number of hydrogen-bond donors (Lipinski definition) is 2. The van der Waals surface area contributed by atoms with E-state index < -0.39 is 24.0 Å². The molecule has 0 aliphatic carbocycles. The van der Waals surface area contributed by atoms with E-state index >= 15 is 0 Å². The number of unbranched alkanes of at least 4 members (excludes halogenated alkanes) is 2. The Morgan fingerprint density at radius 3 is 2.26 bits per heavy atom. The summed E-state index contributed by atoms with van der Waals surface area (Å²) in [7, 11) is 1.26. The van der Waals surface area contributed by atoms with Crippen LogP contribution in [-0.4, -0.2) is 37.0 Å². The molecule has 0 radical (unpaired) electrons. The van der Waals surface area contributed by atoms with Crippen molar-refractivity contribution in [1.82, 2.24) is 10.6 Å². The molecule has 0 aliphatic heterocycles. The van der Waals surface area contributed by atoms with Gasteiger partial charge in [-0.3, -0.25) is 9.59 Å². The zero-order valence-corrected chi connectivity index (χ0v) is 14.3. The third kappa shape index (κ3) is 9.51. The maximum atomic E-state index is 12.3. The number of amides is 2. The molecule has 2 atom stereocenters. The monoisotopic (exact) mass is 325 g/mol. The average Bonchev–Trinajstić information content (AvgIpc) is 2.47. The van der Waals surface area contributed by atoms with Crippen molar-refractivity contribution in [2.75, 3.05) is 7.11 Å². The van der Waals surface area contributed by atoms with Crippen molar-refractivity contribution in [3.63, 3.8) is 0 Å². The van der Waals surface area contributed by atoms with Crippen molar-refractivity contribution >= 4 is 17.8 Å². The van der Waals surface area contributed by atoms with Crippen LogP contribution in [0.5, 0.6) is 0 Å². The molecular weight excluding hydrogens is 298 g/mol. The van der Waals surface area contributed by atoms with Crippen LogP contribution >= 0.6 is 0 Å². The van der Waals surface area contributed by atoms with Crippen molar-refractivity contribution < 1.29 is 19.1 Å². The number of carbonyl (C=O) groups is 3. The Balaban J connectivity index is 4.77. The van der Waals surface area contributed by atoms with Crippen LogP contribution in [0.3, 0.4) is 0 Å². The maximum Gasteiger partial charge on any atom is 0.328 e. The van der Waals surface area contributed by atoms with E-state index in [-0.39, 0.29) is 11.8 Å². The molecule has 0 aromatic rings. The molecule has 7 heteroatoms. The number of ether oxygens (including phenoxy) is 1. The van der Waals surface area contributed by atoms with Crippen LogP contribution < -0.4 is 10.6 Å². The lowest BCUT2D eigenvalue weighted by atomic mass is 10.0. The van der Waals surface area contributed by atoms with Gasteiger partial charge in [0.05, 0.1) is 13.2 Å².